The molecule has 0 unspecified atom stereocenters. The molecule has 0 bridgehead atoms. The molecule has 94 valence electrons. The van der Waals surface area contributed by atoms with Crippen molar-refractivity contribution in [3.05, 3.63) is 0 Å². The lowest BCUT2D eigenvalue weighted by molar-refractivity contribution is 0.202. The average Bonchev–Trinajstić information content (AvgIpc) is 2.12. The van der Waals surface area contributed by atoms with Crippen molar-refractivity contribution in [3.63, 3.8) is 0 Å². The Kier molecular flexibility index (Phi) is 5.94. The second kappa shape index (κ2) is 6.18. The average molecular weight is 248 g/mol. The minimum Gasteiger partial charge on any atom is -0.293 e. The van der Waals surface area contributed by atoms with Crippen molar-refractivity contribution >= 4 is 10.1 Å². The Labute approximate surface area is 98.1 Å². The van der Waals surface area contributed by atoms with E-state index in [4.69, 9.17) is 9.44 Å². The summed E-state index contributed by atoms with van der Waals surface area (Å²) in [5.41, 5.74) is -0.175. The molecule has 0 aromatic rings. The van der Waals surface area contributed by atoms with Gasteiger partial charge >= 0.3 is 0 Å². The Balaban J connectivity index is 4.03. The van der Waals surface area contributed by atoms with Crippen LogP contribution in [0.2, 0.25) is 0 Å². The van der Waals surface area contributed by atoms with Crippen molar-refractivity contribution in [2.24, 2.45) is 5.41 Å². The van der Waals surface area contributed by atoms with E-state index in [1.54, 1.807) is 11.9 Å². The molecule has 0 radical (unpaired) electrons. The minimum atomic E-state index is -3.48. The van der Waals surface area contributed by atoms with E-state index in [9.17, 15) is 8.42 Å². The molecule has 0 saturated carbocycles. The Morgan fingerprint density at radius 3 is 2.38 bits per heavy atom. The van der Waals surface area contributed by atoms with Crippen LogP contribution in [0.25, 0.3) is 0 Å². The van der Waals surface area contributed by atoms with Crippen LogP contribution in [0.1, 0.15) is 20.8 Å². The third kappa shape index (κ3) is 8.65. The van der Waals surface area contributed by atoms with Gasteiger partial charge in [-0.05, 0) is 12.5 Å². The van der Waals surface area contributed by atoms with Gasteiger partial charge in [0.05, 0.1) is 25.0 Å². The summed E-state index contributed by atoms with van der Waals surface area (Å²) in [5.74, 6) is -0.0821. The van der Waals surface area contributed by atoms with E-state index in [2.05, 4.69) is 0 Å². The number of nitrogens with zero attached hydrogens (tertiary/aromatic N) is 2. The smallest absolute Gasteiger partial charge is 0.268 e. The van der Waals surface area contributed by atoms with E-state index in [0.29, 0.717) is 6.54 Å². The zero-order valence-electron chi connectivity index (χ0n) is 10.4. The molecule has 0 fully saturated rings. The first-order valence-electron chi connectivity index (χ1n) is 5.09. The molecule has 0 aliphatic carbocycles. The molecule has 0 aromatic heterocycles. The van der Waals surface area contributed by atoms with Crippen LogP contribution in [0.15, 0.2) is 0 Å². The van der Waals surface area contributed by atoms with E-state index < -0.39 is 10.1 Å². The highest BCUT2D eigenvalue weighted by molar-refractivity contribution is 7.86. The lowest BCUT2D eigenvalue weighted by Gasteiger charge is -2.18. The maximum absolute atomic E-state index is 11.5. The fourth-order valence-electron chi connectivity index (χ4n) is 0.793. The van der Waals surface area contributed by atoms with Crippen LogP contribution in [0.3, 0.4) is 0 Å². The summed E-state index contributed by atoms with van der Waals surface area (Å²) in [4.78, 5) is 1.64. The summed E-state index contributed by atoms with van der Waals surface area (Å²) in [6.07, 6.45) is 0. The van der Waals surface area contributed by atoms with Crippen molar-refractivity contribution in [2.75, 3.05) is 32.5 Å². The van der Waals surface area contributed by atoms with Gasteiger partial charge in [-0.25, -0.2) is 0 Å². The first-order valence-corrected chi connectivity index (χ1v) is 6.67. The first-order chi connectivity index (χ1) is 7.16. The highest BCUT2D eigenvalue weighted by Gasteiger charge is 2.18. The van der Waals surface area contributed by atoms with E-state index in [-0.39, 0.29) is 24.3 Å². The number of hydrogen-bond acceptors (Lipinski definition) is 5. The highest BCUT2D eigenvalue weighted by atomic mass is 32.2. The van der Waals surface area contributed by atoms with Gasteiger partial charge in [-0.1, -0.05) is 20.8 Å². The molecule has 0 amide bonds. The molecule has 0 N–H and O–H groups in total. The molecule has 0 spiro atoms. The minimum absolute atomic E-state index is 0.0821. The van der Waals surface area contributed by atoms with Crippen LogP contribution in [-0.4, -0.2) is 45.8 Å². The third-order valence-corrected chi connectivity index (χ3v) is 2.89. The monoisotopic (exact) mass is 248 g/mol. The second-order valence-corrected chi connectivity index (χ2v) is 6.74. The van der Waals surface area contributed by atoms with Crippen molar-refractivity contribution in [1.29, 1.82) is 5.26 Å². The third-order valence-electron chi connectivity index (χ3n) is 1.74. The predicted octanol–water partition coefficient (Wildman–Crippen LogP) is 0.834. The van der Waals surface area contributed by atoms with Crippen molar-refractivity contribution in [1.82, 2.24) is 4.90 Å². The largest absolute Gasteiger partial charge is 0.293 e. The molecule has 0 aliphatic heterocycles. The van der Waals surface area contributed by atoms with Gasteiger partial charge in [-0.15, -0.1) is 0 Å². The molecule has 16 heavy (non-hydrogen) atoms. The molecule has 0 aliphatic rings. The van der Waals surface area contributed by atoms with Gasteiger partial charge in [0.1, 0.15) is 0 Å². The van der Waals surface area contributed by atoms with Crippen molar-refractivity contribution < 1.29 is 12.6 Å². The van der Waals surface area contributed by atoms with E-state index in [1.165, 1.54) is 0 Å². The van der Waals surface area contributed by atoms with Gasteiger partial charge in [-0.2, -0.15) is 13.7 Å². The van der Waals surface area contributed by atoms with Crippen molar-refractivity contribution in [2.45, 2.75) is 20.8 Å². The Bertz CT molecular complexity index is 338. The molecule has 0 saturated heterocycles. The lowest BCUT2D eigenvalue weighted by Crippen LogP contribution is -2.28. The molecule has 0 atom stereocenters. The van der Waals surface area contributed by atoms with Crippen molar-refractivity contribution in [3.8, 4) is 6.07 Å². The second-order valence-electron chi connectivity index (χ2n) is 4.98. The summed E-state index contributed by atoms with van der Waals surface area (Å²) >= 11 is 0. The molecule has 6 heteroatoms. The molecule has 0 aromatic carbocycles. The van der Waals surface area contributed by atoms with E-state index >= 15 is 0 Å². The van der Waals surface area contributed by atoms with Gasteiger partial charge in [0.15, 0.2) is 0 Å². The standard InChI is InChI=1S/C10H20N2O3S/c1-10(2,3)9-15-16(13,14)8-7-12(4)6-5-11/h6-9H2,1-4H3. The summed E-state index contributed by atoms with van der Waals surface area (Å²) in [6, 6.07) is 1.95. The summed E-state index contributed by atoms with van der Waals surface area (Å²) < 4.78 is 27.8. The predicted molar refractivity (Wildman–Crippen MR) is 62.3 cm³/mol. The summed E-state index contributed by atoms with van der Waals surface area (Å²) in [5, 5.41) is 8.40. The zero-order chi connectivity index (χ0) is 12.8. The van der Waals surface area contributed by atoms with E-state index in [1.807, 2.05) is 26.8 Å². The lowest BCUT2D eigenvalue weighted by atomic mass is 9.99. The maximum atomic E-state index is 11.5. The normalized spacial score (nSPS) is 12.8. The number of nitriles is 1. The van der Waals surface area contributed by atoms with Gasteiger partial charge < -0.3 is 0 Å². The first kappa shape index (κ1) is 15.4. The Morgan fingerprint density at radius 2 is 1.94 bits per heavy atom. The van der Waals surface area contributed by atoms with Crippen LogP contribution in [0.4, 0.5) is 0 Å². The van der Waals surface area contributed by atoms with Crippen LogP contribution < -0.4 is 0 Å². The quantitative estimate of drug-likeness (QED) is 0.514. The number of hydrogen-bond donors (Lipinski definition) is 0. The van der Waals surface area contributed by atoms with E-state index in [0.717, 1.165) is 0 Å². The zero-order valence-corrected chi connectivity index (χ0v) is 11.2. The Hall–Kier alpha value is -0.640. The highest BCUT2D eigenvalue weighted by Crippen LogP contribution is 2.14. The van der Waals surface area contributed by atoms with Crippen LogP contribution in [0, 0.1) is 16.7 Å². The van der Waals surface area contributed by atoms with Crippen LogP contribution in [-0.2, 0) is 14.3 Å². The molecule has 5 nitrogen and oxygen atoms in total. The van der Waals surface area contributed by atoms with Gasteiger partial charge in [0, 0.05) is 6.54 Å². The van der Waals surface area contributed by atoms with Gasteiger partial charge in [0.2, 0.25) is 0 Å². The molecular weight excluding hydrogens is 228 g/mol. The summed E-state index contributed by atoms with van der Waals surface area (Å²) in [6.45, 7) is 6.42. The van der Waals surface area contributed by atoms with Gasteiger partial charge in [-0.3, -0.25) is 9.08 Å². The topological polar surface area (TPSA) is 70.4 Å². The maximum Gasteiger partial charge on any atom is 0.268 e. The van der Waals surface area contributed by atoms with Gasteiger partial charge in [0.25, 0.3) is 10.1 Å². The molecular formula is C10H20N2O3S. The fourth-order valence-corrected chi connectivity index (χ4v) is 1.98. The van der Waals surface area contributed by atoms with Crippen LogP contribution in [0.5, 0.6) is 0 Å². The Morgan fingerprint density at radius 1 is 1.38 bits per heavy atom. The SMILES string of the molecule is CN(CC#N)CCS(=O)(=O)OCC(C)(C)C. The molecule has 0 heterocycles. The molecule has 0 rings (SSSR count). The summed E-state index contributed by atoms with van der Waals surface area (Å²) in [7, 11) is -1.78. The number of rotatable bonds is 6. The van der Waals surface area contributed by atoms with Crippen LogP contribution >= 0.6 is 0 Å². The fraction of sp³-hybridized carbons (Fsp3) is 0.900.